The normalized spacial score (nSPS) is 22.6. The van der Waals surface area contributed by atoms with E-state index in [0.29, 0.717) is 0 Å². The van der Waals surface area contributed by atoms with Gasteiger partial charge in [0.15, 0.2) is 0 Å². The van der Waals surface area contributed by atoms with Crippen molar-refractivity contribution in [1.29, 1.82) is 0 Å². The quantitative estimate of drug-likeness (QED) is 0.866. The Morgan fingerprint density at radius 3 is 3.06 bits per heavy atom. The minimum absolute atomic E-state index is 0.0732. The first kappa shape index (κ1) is 12.6. The highest BCUT2D eigenvalue weighted by atomic mass is 32.1. The molecule has 1 heterocycles. The zero-order valence-electron chi connectivity index (χ0n) is 10.4. The van der Waals surface area contributed by atoms with Gasteiger partial charge in [-0.15, -0.1) is 11.3 Å². The number of nitrogens with one attached hydrogen (secondary N) is 1. The number of thiophene rings is 1. The zero-order valence-corrected chi connectivity index (χ0v) is 11.2. The molecule has 0 aromatic carbocycles. The molecule has 0 spiro atoms. The van der Waals surface area contributed by atoms with Crippen LogP contribution in [-0.4, -0.2) is 11.9 Å². The zero-order chi connectivity index (χ0) is 12.4. The molecule has 94 valence electrons. The number of amides is 1. The molecule has 3 N–H and O–H groups in total. The van der Waals surface area contributed by atoms with E-state index in [1.165, 1.54) is 10.4 Å². The van der Waals surface area contributed by atoms with Crippen molar-refractivity contribution in [2.24, 2.45) is 11.7 Å². The van der Waals surface area contributed by atoms with Crippen molar-refractivity contribution in [2.75, 3.05) is 0 Å². The van der Waals surface area contributed by atoms with Gasteiger partial charge >= 0.3 is 0 Å². The van der Waals surface area contributed by atoms with Gasteiger partial charge in [-0.3, -0.25) is 4.79 Å². The maximum absolute atomic E-state index is 12.0. The first-order valence-corrected chi connectivity index (χ1v) is 7.09. The minimum Gasteiger partial charge on any atom is -0.349 e. The lowest BCUT2D eigenvalue weighted by molar-refractivity contribution is -0.125. The fraction of sp³-hybridized carbons (Fsp3) is 0.615. The van der Waals surface area contributed by atoms with Crippen molar-refractivity contribution in [1.82, 2.24) is 5.32 Å². The summed E-state index contributed by atoms with van der Waals surface area (Å²) >= 11 is 1.79. The molecule has 3 atom stereocenters. The molecule has 1 aliphatic rings. The average Bonchev–Trinajstić information content (AvgIpc) is 2.76. The highest BCUT2D eigenvalue weighted by Crippen LogP contribution is 2.33. The van der Waals surface area contributed by atoms with E-state index in [0.717, 1.165) is 19.3 Å². The third-order valence-electron chi connectivity index (χ3n) is 3.57. The topological polar surface area (TPSA) is 55.1 Å². The Bertz CT molecular complexity index is 400. The smallest absolute Gasteiger partial charge is 0.224 e. The number of rotatable bonds is 3. The van der Waals surface area contributed by atoms with Crippen molar-refractivity contribution in [3.8, 4) is 0 Å². The summed E-state index contributed by atoms with van der Waals surface area (Å²) in [6.45, 7) is 3.76. The van der Waals surface area contributed by atoms with Crippen LogP contribution in [0.15, 0.2) is 11.4 Å². The maximum atomic E-state index is 12.0. The summed E-state index contributed by atoms with van der Waals surface area (Å²) in [5.41, 5.74) is 7.07. The molecule has 1 aromatic heterocycles. The molecule has 2 rings (SSSR count). The van der Waals surface area contributed by atoms with Crippen LogP contribution in [0.5, 0.6) is 0 Å². The standard InChI is InChI=1S/C13H20N2OS/c1-8(9(2)14)13(16)15-11-4-3-5-12-10(11)6-7-17-12/h6-9,11H,3-5,14H2,1-2H3,(H,15,16). The van der Waals surface area contributed by atoms with E-state index in [4.69, 9.17) is 5.73 Å². The van der Waals surface area contributed by atoms with Crippen molar-refractivity contribution < 1.29 is 4.79 Å². The van der Waals surface area contributed by atoms with Crippen LogP contribution < -0.4 is 11.1 Å². The predicted octanol–water partition coefficient (Wildman–Crippen LogP) is 2.22. The van der Waals surface area contributed by atoms with Crippen LogP contribution >= 0.6 is 11.3 Å². The molecule has 0 radical (unpaired) electrons. The number of carbonyl (C=O) groups excluding carboxylic acids is 1. The van der Waals surface area contributed by atoms with Crippen LogP contribution in [0.25, 0.3) is 0 Å². The third-order valence-corrected chi connectivity index (χ3v) is 4.57. The van der Waals surface area contributed by atoms with Crippen molar-refractivity contribution >= 4 is 17.2 Å². The molecule has 0 bridgehead atoms. The van der Waals surface area contributed by atoms with Gasteiger partial charge in [0.25, 0.3) is 0 Å². The van der Waals surface area contributed by atoms with Gasteiger partial charge < -0.3 is 11.1 Å². The molecule has 1 amide bonds. The molecular formula is C13H20N2OS. The van der Waals surface area contributed by atoms with E-state index in [9.17, 15) is 4.79 Å². The molecule has 3 nitrogen and oxygen atoms in total. The lowest BCUT2D eigenvalue weighted by atomic mass is 9.93. The fourth-order valence-corrected chi connectivity index (χ4v) is 3.17. The Hall–Kier alpha value is -0.870. The fourth-order valence-electron chi connectivity index (χ4n) is 2.18. The van der Waals surface area contributed by atoms with E-state index in [1.807, 2.05) is 13.8 Å². The SMILES string of the molecule is CC(N)C(C)C(=O)NC1CCCc2sccc21. The Kier molecular flexibility index (Phi) is 3.84. The third kappa shape index (κ3) is 2.69. The van der Waals surface area contributed by atoms with Gasteiger partial charge in [-0.1, -0.05) is 6.92 Å². The molecule has 1 aliphatic carbocycles. The van der Waals surface area contributed by atoms with Crippen LogP contribution in [0.2, 0.25) is 0 Å². The first-order chi connectivity index (χ1) is 8.09. The highest BCUT2D eigenvalue weighted by molar-refractivity contribution is 7.10. The number of aryl methyl sites for hydroxylation is 1. The number of carbonyl (C=O) groups is 1. The van der Waals surface area contributed by atoms with E-state index < -0.39 is 0 Å². The van der Waals surface area contributed by atoms with Gasteiger partial charge in [0.1, 0.15) is 0 Å². The Labute approximate surface area is 106 Å². The van der Waals surface area contributed by atoms with Crippen molar-refractivity contribution in [2.45, 2.75) is 45.2 Å². The maximum Gasteiger partial charge on any atom is 0.224 e. The molecular weight excluding hydrogens is 232 g/mol. The lowest BCUT2D eigenvalue weighted by Crippen LogP contribution is -2.40. The summed E-state index contributed by atoms with van der Waals surface area (Å²) in [4.78, 5) is 13.4. The second-order valence-electron chi connectivity index (χ2n) is 4.90. The monoisotopic (exact) mass is 252 g/mol. The van der Waals surface area contributed by atoms with E-state index in [2.05, 4.69) is 16.8 Å². The second-order valence-corrected chi connectivity index (χ2v) is 5.90. The molecule has 0 saturated carbocycles. The number of hydrogen-bond acceptors (Lipinski definition) is 3. The highest BCUT2D eigenvalue weighted by Gasteiger charge is 2.25. The molecule has 1 aromatic rings. The van der Waals surface area contributed by atoms with E-state index in [1.54, 1.807) is 11.3 Å². The lowest BCUT2D eigenvalue weighted by Gasteiger charge is -2.26. The molecule has 3 unspecified atom stereocenters. The number of nitrogens with two attached hydrogens (primary N) is 1. The van der Waals surface area contributed by atoms with Gasteiger partial charge in [0.2, 0.25) is 5.91 Å². The molecule has 0 fully saturated rings. The van der Waals surface area contributed by atoms with E-state index in [-0.39, 0.29) is 23.9 Å². The molecule has 17 heavy (non-hydrogen) atoms. The van der Waals surface area contributed by atoms with Crippen LogP contribution in [-0.2, 0) is 11.2 Å². The largest absolute Gasteiger partial charge is 0.349 e. The molecule has 4 heteroatoms. The Morgan fingerprint density at radius 1 is 1.59 bits per heavy atom. The predicted molar refractivity (Wildman–Crippen MR) is 71.0 cm³/mol. The van der Waals surface area contributed by atoms with Crippen molar-refractivity contribution in [3.05, 3.63) is 21.9 Å². The summed E-state index contributed by atoms with van der Waals surface area (Å²) in [6.07, 6.45) is 3.36. The van der Waals surface area contributed by atoms with Crippen LogP contribution in [0, 0.1) is 5.92 Å². The number of hydrogen-bond donors (Lipinski definition) is 2. The van der Waals surface area contributed by atoms with Gasteiger partial charge in [0.05, 0.1) is 6.04 Å². The first-order valence-electron chi connectivity index (χ1n) is 6.22. The van der Waals surface area contributed by atoms with Crippen LogP contribution in [0.1, 0.15) is 43.2 Å². The Morgan fingerprint density at radius 2 is 2.35 bits per heavy atom. The van der Waals surface area contributed by atoms with Gasteiger partial charge in [-0.05, 0) is 43.2 Å². The number of fused-ring (bicyclic) bond motifs is 1. The summed E-state index contributed by atoms with van der Waals surface area (Å²) in [6, 6.07) is 2.24. The van der Waals surface area contributed by atoms with Crippen LogP contribution in [0.3, 0.4) is 0 Å². The van der Waals surface area contributed by atoms with Gasteiger partial charge in [-0.25, -0.2) is 0 Å². The second kappa shape index (κ2) is 5.19. The van der Waals surface area contributed by atoms with Crippen molar-refractivity contribution in [3.63, 3.8) is 0 Å². The van der Waals surface area contributed by atoms with Gasteiger partial charge in [0, 0.05) is 16.8 Å². The summed E-state index contributed by atoms with van der Waals surface area (Å²) in [7, 11) is 0. The van der Waals surface area contributed by atoms with E-state index >= 15 is 0 Å². The Balaban J connectivity index is 2.04. The summed E-state index contributed by atoms with van der Waals surface area (Å²) in [5, 5.41) is 5.25. The summed E-state index contributed by atoms with van der Waals surface area (Å²) < 4.78 is 0. The molecule has 0 aliphatic heterocycles. The molecule has 0 saturated heterocycles. The van der Waals surface area contributed by atoms with Gasteiger partial charge in [-0.2, -0.15) is 0 Å². The van der Waals surface area contributed by atoms with Crippen LogP contribution in [0.4, 0.5) is 0 Å². The average molecular weight is 252 g/mol. The minimum atomic E-state index is -0.126. The summed E-state index contributed by atoms with van der Waals surface area (Å²) in [5.74, 6) is -0.0527.